The van der Waals surface area contributed by atoms with Crippen molar-refractivity contribution in [3.8, 4) is 0 Å². The zero-order valence-corrected chi connectivity index (χ0v) is 11.2. The van der Waals surface area contributed by atoms with Crippen LogP contribution in [0.15, 0.2) is 42.7 Å². The van der Waals surface area contributed by atoms with Gasteiger partial charge in [-0.2, -0.15) is 0 Å². The van der Waals surface area contributed by atoms with E-state index in [0.717, 1.165) is 5.56 Å². The van der Waals surface area contributed by atoms with Gasteiger partial charge in [0, 0.05) is 24.4 Å². The van der Waals surface area contributed by atoms with Crippen molar-refractivity contribution < 1.29 is 4.39 Å². The normalized spacial score (nSPS) is 11.3. The molecular formula is C15H18FN3. The van der Waals surface area contributed by atoms with Crippen LogP contribution >= 0.6 is 0 Å². The first-order valence-electron chi connectivity index (χ1n) is 6.19. The fourth-order valence-corrected chi connectivity index (χ4v) is 1.87. The molecule has 0 radical (unpaired) electrons. The van der Waals surface area contributed by atoms with E-state index in [1.54, 1.807) is 18.3 Å². The first kappa shape index (κ1) is 13.3. The number of hydrogen-bond donors (Lipinski definition) is 2. The van der Waals surface area contributed by atoms with Crippen LogP contribution in [0.25, 0.3) is 0 Å². The van der Waals surface area contributed by atoms with E-state index in [9.17, 15) is 4.39 Å². The summed E-state index contributed by atoms with van der Waals surface area (Å²) in [4.78, 5) is 4.13. The molecule has 0 atom stereocenters. The highest BCUT2D eigenvalue weighted by molar-refractivity contribution is 5.66. The van der Waals surface area contributed by atoms with E-state index in [0.29, 0.717) is 12.2 Å². The average molecular weight is 259 g/mol. The average Bonchev–Trinajstić information content (AvgIpc) is 2.41. The number of aromatic nitrogens is 1. The third-order valence-electron chi connectivity index (χ3n) is 3.22. The Hall–Kier alpha value is -2.10. The molecule has 1 heterocycles. The molecule has 0 bridgehead atoms. The van der Waals surface area contributed by atoms with E-state index in [1.807, 2.05) is 18.3 Å². The number of rotatable bonds is 4. The first-order chi connectivity index (χ1) is 9.00. The number of nitrogen functional groups attached to an aromatic ring is 1. The summed E-state index contributed by atoms with van der Waals surface area (Å²) in [6, 6.07) is 8.72. The third kappa shape index (κ3) is 3.02. The number of benzene rings is 1. The quantitative estimate of drug-likeness (QED) is 0.829. The molecule has 2 rings (SSSR count). The highest BCUT2D eigenvalue weighted by Crippen LogP contribution is 2.26. The lowest BCUT2D eigenvalue weighted by Crippen LogP contribution is -2.28. The molecule has 0 fully saturated rings. The summed E-state index contributed by atoms with van der Waals surface area (Å²) in [7, 11) is 0. The molecule has 2 aromatic rings. The molecule has 1 aromatic heterocycles. The summed E-state index contributed by atoms with van der Waals surface area (Å²) in [5.41, 5.74) is 7.48. The Balaban J connectivity index is 2.12. The lowest BCUT2D eigenvalue weighted by Gasteiger charge is -2.26. The smallest absolute Gasteiger partial charge is 0.148 e. The zero-order valence-electron chi connectivity index (χ0n) is 11.2. The summed E-state index contributed by atoms with van der Waals surface area (Å²) in [6.45, 7) is 4.85. The Morgan fingerprint density at radius 3 is 2.74 bits per heavy atom. The predicted molar refractivity (Wildman–Crippen MR) is 76.6 cm³/mol. The van der Waals surface area contributed by atoms with E-state index < -0.39 is 5.82 Å². The van der Waals surface area contributed by atoms with Crippen molar-refractivity contribution >= 4 is 11.4 Å². The lowest BCUT2D eigenvalue weighted by atomic mass is 9.85. The summed E-state index contributed by atoms with van der Waals surface area (Å²) in [5, 5.41) is 3.20. The second-order valence-electron chi connectivity index (χ2n) is 5.18. The molecule has 1 aromatic carbocycles. The minimum Gasteiger partial charge on any atom is -0.395 e. The van der Waals surface area contributed by atoms with E-state index in [-0.39, 0.29) is 11.1 Å². The largest absolute Gasteiger partial charge is 0.395 e. The zero-order chi connectivity index (χ0) is 13.9. The molecule has 0 aliphatic heterocycles. The van der Waals surface area contributed by atoms with Crippen molar-refractivity contribution in [3.05, 3.63) is 54.1 Å². The summed E-state index contributed by atoms with van der Waals surface area (Å²) >= 11 is 0. The molecule has 0 unspecified atom stereocenters. The number of nitrogens with zero attached hydrogens (tertiary/aromatic N) is 1. The van der Waals surface area contributed by atoms with Crippen molar-refractivity contribution in [2.75, 3.05) is 17.6 Å². The van der Waals surface area contributed by atoms with Gasteiger partial charge in [0.2, 0.25) is 0 Å². The van der Waals surface area contributed by atoms with Crippen LogP contribution in [0.4, 0.5) is 15.8 Å². The van der Waals surface area contributed by atoms with E-state index >= 15 is 0 Å². The van der Waals surface area contributed by atoms with Crippen molar-refractivity contribution in [3.63, 3.8) is 0 Å². The van der Waals surface area contributed by atoms with Crippen LogP contribution in [0.1, 0.15) is 19.4 Å². The van der Waals surface area contributed by atoms with Gasteiger partial charge in [0.05, 0.1) is 11.4 Å². The monoisotopic (exact) mass is 259 g/mol. The van der Waals surface area contributed by atoms with Gasteiger partial charge in [-0.25, -0.2) is 4.39 Å². The molecule has 0 aliphatic rings. The molecule has 100 valence electrons. The number of pyridine rings is 1. The van der Waals surface area contributed by atoms with Crippen molar-refractivity contribution in [1.82, 2.24) is 4.98 Å². The van der Waals surface area contributed by atoms with Crippen LogP contribution in [-0.4, -0.2) is 11.5 Å². The van der Waals surface area contributed by atoms with Gasteiger partial charge >= 0.3 is 0 Å². The third-order valence-corrected chi connectivity index (χ3v) is 3.22. The fourth-order valence-electron chi connectivity index (χ4n) is 1.87. The Bertz CT molecular complexity index is 553. The van der Waals surface area contributed by atoms with Crippen LogP contribution in [0.3, 0.4) is 0 Å². The Labute approximate surface area is 112 Å². The van der Waals surface area contributed by atoms with Crippen molar-refractivity contribution in [2.24, 2.45) is 0 Å². The summed E-state index contributed by atoms with van der Waals surface area (Å²) in [6.07, 6.45) is 3.59. The highest BCUT2D eigenvalue weighted by Gasteiger charge is 2.20. The second kappa shape index (κ2) is 5.26. The molecule has 0 amide bonds. The molecular weight excluding hydrogens is 241 g/mol. The number of halogens is 1. The van der Waals surface area contributed by atoms with Gasteiger partial charge in [-0.1, -0.05) is 26.0 Å². The minimum atomic E-state index is -0.399. The molecule has 0 saturated heterocycles. The maximum atomic E-state index is 13.3. The molecule has 19 heavy (non-hydrogen) atoms. The number of nitrogens with two attached hydrogens (primary N) is 1. The second-order valence-corrected chi connectivity index (χ2v) is 5.18. The van der Waals surface area contributed by atoms with Gasteiger partial charge in [0.25, 0.3) is 0 Å². The fraction of sp³-hybridized carbons (Fsp3) is 0.267. The number of anilines is 2. The standard InChI is InChI=1S/C15H18FN3/c1-15(2,11-5-4-8-18-9-11)10-19-13-7-3-6-12(16)14(13)17/h3-9,19H,10,17H2,1-2H3. The molecule has 0 aliphatic carbocycles. The van der Waals surface area contributed by atoms with Gasteiger partial charge < -0.3 is 11.1 Å². The minimum absolute atomic E-state index is 0.118. The van der Waals surface area contributed by atoms with Crippen LogP contribution in [0.5, 0.6) is 0 Å². The molecule has 0 spiro atoms. The Kier molecular flexibility index (Phi) is 3.69. The molecule has 4 heteroatoms. The lowest BCUT2D eigenvalue weighted by molar-refractivity contribution is 0.554. The van der Waals surface area contributed by atoms with Crippen LogP contribution < -0.4 is 11.1 Å². The molecule has 3 N–H and O–H groups in total. The first-order valence-corrected chi connectivity index (χ1v) is 6.19. The maximum absolute atomic E-state index is 13.3. The van der Waals surface area contributed by atoms with Gasteiger partial charge in [-0.3, -0.25) is 4.98 Å². The maximum Gasteiger partial charge on any atom is 0.148 e. The van der Waals surface area contributed by atoms with Gasteiger partial charge in [-0.15, -0.1) is 0 Å². The topological polar surface area (TPSA) is 50.9 Å². The van der Waals surface area contributed by atoms with Gasteiger partial charge in [0.15, 0.2) is 0 Å². The summed E-state index contributed by atoms with van der Waals surface area (Å²) in [5.74, 6) is -0.399. The van der Waals surface area contributed by atoms with E-state index in [4.69, 9.17) is 5.73 Å². The van der Waals surface area contributed by atoms with Crippen LogP contribution in [0.2, 0.25) is 0 Å². The summed E-state index contributed by atoms with van der Waals surface area (Å²) < 4.78 is 13.3. The van der Waals surface area contributed by atoms with Gasteiger partial charge in [-0.05, 0) is 23.8 Å². The Morgan fingerprint density at radius 1 is 1.26 bits per heavy atom. The Morgan fingerprint density at radius 2 is 2.05 bits per heavy atom. The number of nitrogens with one attached hydrogen (secondary N) is 1. The van der Waals surface area contributed by atoms with Crippen LogP contribution in [-0.2, 0) is 5.41 Å². The number of hydrogen-bond acceptors (Lipinski definition) is 3. The van der Waals surface area contributed by atoms with Gasteiger partial charge in [0.1, 0.15) is 5.82 Å². The molecule has 3 nitrogen and oxygen atoms in total. The van der Waals surface area contributed by atoms with Crippen LogP contribution in [0, 0.1) is 5.82 Å². The van der Waals surface area contributed by atoms with Crippen molar-refractivity contribution in [1.29, 1.82) is 0 Å². The SMILES string of the molecule is CC(C)(CNc1cccc(F)c1N)c1cccnc1. The predicted octanol–water partition coefficient (Wildman–Crippen LogP) is 3.19. The van der Waals surface area contributed by atoms with E-state index in [2.05, 4.69) is 24.1 Å². The molecule has 0 saturated carbocycles. The van der Waals surface area contributed by atoms with Crippen molar-refractivity contribution in [2.45, 2.75) is 19.3 Å². The number of para-hydroxylation sites is 1. The highest BCUT2D eigenvalue weighted by atomic mass is 19.1. The van der Waals surface area contributed by atoms with E-state index in [1.165, 1.54) is 6.07 Å².